The number of rotatable bonds is 5. The van der Waals surface area contributed by atoms with E-state index in [1.54, 1.807) is 11.1 Å². The van der Waals surface area contributed by atoms with Crippen molar-refractivity contribution in [2.75, 3.05) is 13.1 Å². The number of aliphatic carboxylic acids is 1. The molecule has 1 aliphatic carbocycles. The number of hydrogen-bond acceptors (Lipinski definition) is 3. The van der Waals surface area contributed by atoms with Gasteiger partial charge in [0.15, 0.2) is 0 Å². The molecule has 126 valence electrons. The lowest BCUT2D eigenvalue weighted by atomic mass is 9.99. The van der Waals surface area contributed by atoms with Crippen LogP contribution in [-0.2, 0) is 4.79 Å². The molecule has 0 radical (unpaired) electrons. The summed E-state index contributed by atoms with van der Waals surface area (Å²) in [5.41, 5.74) is 1.72. The highest BCUT2D eigenvalue weighted by molar-refractivity contribution is 5.96. The fourth-order valence-electron chi connectivity index (χ4n) is 3.45. The van der Waals surface area contributed by atoms with E-state index in [-0.39, 0.29) is 17.9 Å². The molecule has 6 heteroatoms. The van der Waals surface area contributed by atoms with Crippen LogP contribution in [0.2, 0.25) is 0 Å². The summed E-state index contributed by atoms with van der Waals surface area (Å²) in [5.74, 6) is -0.915. The number of carboxylic acid groups (broad SMARTS) is 1. The smallest absolute Gasteiger partial charge is 0.308 e. The van der Waals surface area contributed by atoms with E-state index in [1.165, 1.54) is 0 Å². The quantitative estimate of drug-likeness (QED) is 0.905. The first-order valence-corrected chi connectivity index (χ1v) is 8.53. The standard InChI is InChI=1S/C17H25N3O3/c1-4-11(3)20-15(12-5-6-12)13(7-18-20)16(21)19-8-10(2)14(9-19)17(22)23/h7,10-12,14H,4-6,8-9H2,1-3H3,(H,22,23)/t10-,11?,14-/m1/s1. The highest BCUT2D eigenvalue weighted by Gasteiger charge is 2.40. The molecule has 2 fully saturated rings. The molecule has 1 saturated heterocycles. The molecule has 3 atom stereocenters. The second kappa shape index (κ2) is 5.98. The molecule has 6 nitrogen and oxygen atoms in total. The van der Waals surface area contributed by atoms with Gasteiger partial charge in [-0.05, 0) is 32.1 Å². The summed E-state index contributed by atoms with van der Waals surface area (Å²) < 4.78 is 2.00. The predicted octanol–water partition coefficient (Wildman–Crippen LogP) is 2.52. The molecule has 1 aromatic rings. The summed E-state index contributed by atoms with van der Waals surface area (Å²) in [4.78, 5) is 25.9. The molecule has 1 aliphatic heterocycles. The zero-order chi connectivity index (χ0) is 16.7. The van der Waals surface area contributed by atoms with Gasteiger partial charge in [-0.15, -0.1) is 0 Å². The van der Waals surface area contributed by atoms with Crippen molar-refractivity contribution in [1.82, 2.24) is 14.7 Å². The third-order valence-corrected chi connectivity index (χ3v) is 5.25. The molecule has 1 aromatic heterocycles. The van der Waals surface area contributed by atoms with Crippen LogP contribution in [0.5, 0.6) is 0 Å². The van der Waals surface area contributed by atoms with Crippen LogP contribution in [-0.4, -0.2) is 44.8 Å². The van der Waals surface area contributed by atoms with E-state index < -0.39 is 11.9 Å². The Morgan fingerprint density at radius 2 is 2.09 bits per heavy atom. The van der Waals surface area contributed by atoms with Gasteiger partial charge in [0.25, 0.3) is 5.91 Å². The van der Waals surface area contributed by atoms with E-state index in [1.807, 2.05) is 11.6 Å². The third-order valence-electron chi connectivity index (χ3n) is 5.25. The van der Waals surface area contributed by atoms with Gasteiger partial charge in [0, 0.05) is 25.0 Å². The first-order chi connectivity index (χ1) is 10.9. The summed E-state index contributed by atoms with van der Waals surface area (Å²) in [6.45, 7) is 6.94. The molecule has 23 heavy (non-hydrogen) atoms. The number of carbonyl (C=O) groups excluding carboxylic acids is 1. The summed E-state index contributed by atoms with van der Waals surface area (Å²) in [5, 5.41) is 13.7. The molecule has 0 aromatic carbocycles. The zero-order valence-corrected chi connectivity index (χ0v) is 14.0. The van der Waals surface area contributed by atoms with E-state index >= 15 is 0 Å². The van der Waals surface area contributed by atoms with Crippen molar-refractivity contribution in [2.45, 2.75) is 52.0 Å². The lowest BCUT2D eigenvalue weighted by molar-refractivity contribution is -0.142. The van der Waals surface area contributed by atoms with Gasteiger partial charge in [-0.1, -0.05) is 13.8 Å². The fourth-order valence-corrected chi connectivity index (χ4v) is 3.45. The topological polar surface area (TPSA) is 75.4 Å². The minimum Gasteiger partial charge on any atom is -0.481 e. The van der Waals surface area contributed by atoms with Crippen molar-refractivity contribution in [3.63, 3.8) is 0 Å². The Kier molecular flexibility index (Phi) is 4.17. The van der Waals surface area contributed by atoms with E-state index in [4.69, 9.17) is 0 Å². The fraction of sp³-hybridized carbons (Fsp3) is 0.706. The molecule has 0 bridgehead atoms. The Morgan fingerprint density at radius 3 is 2.61 bits per heavy atom. The Balaban J connectivity index is 1.86. The number of amides is 1. The average Bonchev–Trinajstić information content (AvgIpc) is 3.14. The van der Waals surface area contributed by atoms with E-state index in [0.717, 1.165) is 25.0 Å². The van der Waals surface area contributed by atoms with E-state index in [0.29, 0.717) is 24.6 Å². The Hall–Kier alpha value is -1.85. The van der Waals surface area contributed by atoms with Gasteiger partial charge in [-0.3, -0.25) is 14.3 Å². The molecular formula is C17H25N3O3. The SMILES string of the molecule is CCC(C)n1ncc(C(=O)N2C[C@@H](C)[C@H](C(=O)O)C2)c1C1CC1. The van der Waals surface area contributed by atoms with Crippen molar-refractivity contribution in [1.29, 1.82) is 0 Å². The predicted molar refractivity (Wildman–Crippen MR) is 85.4 cm³/mol. The molecule has 0 spiro atoms. The van der Waals surface area contributed by atoms with Crippen LogP contribution >= 0.6 is 0 Å². The van der Waals surface area contributed by atoms with Crippen LogP contribution < -0.4 is 0 Å². The number of likely N-dealkylation sites (tertiary alicyclic amines) is 1. The Labute approximate surface area is 136 Å². The van der Waals surface area contributed by atoms with Crippen molar-refractivity contribution < 1.29 is 14.7 Å². The second-order valence-electron chi connectivity index (χ2n) is 7.05. The van der Waals surface area contributed by atoms with Crippen molar-refractivity contribution in [2.24, 2.45) is 11.8 Å². The summed E-state index contributed by atoms with van der Waals surface area (Å²) >= 11 is 0. The van der Waals surface area contributed by atoms with Gasteiger partial charge in [0.1, 0.15) is 0 Å². The lowest BCUT2D eigenvalue weighted by Crippen LogP contribution is -2.30. The average molecular weight is 319 g/mol. The molecule has 1 unspecified atom stereocenters. The van der Waals surface area contributed by atoms with Gasteiger partial charge >= 0.3 is 5.97 Å². The van der Waals surface area contributed by atoms with E-state index in [2.05, 4.69) is 18.9 Å². The van der Waals surface area contributed by atoms with Crippen LogP contribution in [0, 0.1) is 11.8 Å². The maximum Gasteiger partial charge on any atom is 0.308 e. The highest BCUT2D eigenvalue weighted by Crippen LogP contribution is 2.43. The first-order valence-electron chi connectivity index (χ1n) is 8.53. The van der Waals surface area contributed by atoms with Crippen molar-refractivity contribution in [3.8, 4) is 0 Å². The Morgan fingerprint density at radius 1 is 1.39 bits per heavy atom. The van der Waals surface area contributed by atoms with Crippen molar-refractivity contribution in [3.05, 3.63) is 17.5 Å². The summed E-state index contributed by atoms with van der Waals surface area (Å²) in [6, 6.07) is 0.274. The largest absolute Gasteiger partial charge is 0.481 e. The highest BCUT2D eigenvalue weighted by atomic mass is 16.4. The number of nitrogens with zero attached hydrogens (tertiary/aromatic N) is 3. The number of carboxylic acids is 1. The monoisotopic (exact) mass is 319 g/mol. The van der Waals surface area contributed by atoms with Gasteiger partial charge in [-0.25, -0.2) is 0 Å². The van der Waals surface area contributed by atoms with Crippen LogP contribution in [0.25, 0.3) is 0 Å². The van der Waals surface area contributed by atoms with E-state index in [9.17, 15) is 14.7 Å². The van der Waals surface area contributed by atoms with Crippen LogP contribution in [0.3, 0.4) is 0 Å². The zero-order valence-electron chi connectivity index (χ0n) is 14.0. The maximum absolute atomic E-state index is 12.9. The number of carbonyl (C=O) groups is 2. The molecule has 1 N–H and O–H groups in total. The summed E-state index contributed by atoms with van der Waals surface area (Å²) in [7, 11) is 0. The second-order valence-corrected chi connectivity index (χ2v) is 7.05. The molecular weight excluding hydrogens is 294 g/mol. The van der Waals surface area contributed by atoms with Crippen LogP contribution in [0.4, 0.5) is 0 Å². The first kappa shape index (κ1) is 16.0. The van der Waals surface area contributed by atoms with Gasteiger partial charge in [-0.2, -0.15) is 5.10 Å². The normalized spacial score (nSPS) is 25.6. The Bertz CT molecular complexity index is 621. The minimum atomic E-state index is -0.814. The maximum atomic E-state index is 12.9. The lowest BCUT2D eigenvalue weighted by Gasteiger charge is -2.18. The molecule has 1 saturated carbocycles. The number of aromatic nitrogens is 2. The van der Waals surface area contributed by atoms with Crippen LogP contribution in [0.15, 0.2) is 6.20 Å². The molecule has 1 amide bonds. The number of hydrogen-bond donors (Lipinski definition) is 1. The summed E-state index contributed by atoms with van der Waals surface area (Å²) in [6.07, 6.45) is 4.87. The van der Waals surface area contributed by atoms with Crippen LogP contribution in [0.1, 0.15) is 68.0 Å². The third kappa shape index (κ3) is 2.86. The van der Waals surface area contributed by atoms with Gasteiger partial charge in [0.2, 0.25) is 0 Å². The van der Waals surface area contributed by atoms with Gasteiger partial charge < -0.3 is 10.0 Å². The van der Waals surface area contributed by atoms with Gasteiger partial charge in [0.05, 0.1) is 23.4 Å². The van der Waals surface area contributed by atoms with Crippen molar-refractivity contribution >= 4 is 11.9 Å². The molecule has 2 heterocycles. The minimum absolute atomic E-state index is 0.00886. The molecule has 2 aliphatic rings. The molecule has 3 rings (SSSR count).